The minimum absolute atomic E-state index is 0.302. The van der Waals surface area contributed by atoms with Crippen LogP contribution in [-0.2, 0) is 4.74 Å². The summed E-state index contributed by atoms with van der Waals surface area (Å²) in [6.45, 7) is 19.3. The summed E-state index contributed by atoms with van der Waals surface area (Å²) < 4.78 is 5.82. The predicted molar refractivity (Wildman–Crippen MR) is 108 cm³/mol. The molecule has 1 unspecified atom stereocenters. The fraction of sp³-hybridized carbons (Fsp3) is 0.950. The first-order valence-corrected chi connectivity index (χ1v) is 10.3. The molecular formula is C20H42N4O. The van der Waals surface area contributed by atoms with Gasteiger partial charge in [-0.15, -0.1) is 0 Å². The zero-order chi connectivity index (χ0) is 18.7. The van der Waals surface area contributed by atoms with Crippen molar-refractivity contribution >= 4 is 5.96 Å². The molecule has 0 amide bonds. The molecule has 5 heteroatoms. The third-order valence-corrected chi connectivity index (χ3v) is 4.70. The van der Waals surface area contributed by atoms with Crippen molar-refractivity contribution in [1.82, 2.24) is 15.5 Å². The molecule has 2 N–H and O–H groups in total. The first kappa shape index (κ1) is 22.2. The number of aliphatic imine (C=N–C) groups is 1. The number of nitrogens with one attached hydrogen (secondary N) is 2. The number of ether oxygens (including phenoxy) is 1. The summed E-state index contributed by atoms with van der Waals surface area (Å²) in [6, 6.07) is 0.536. The summed E-state index contributed by atoms with van der Waals surface area (Å²) in [5, 5.41) is 7.03. The molecule has 0 radical (unpaired) electrons. The highest BCUT2D eigenvalue weighted by molar-refractivity contribution is 5.80. The molecule has 1 aliphatic rings. The van der Waals surface area contributed by atoms with E-state index < -0.39 is 0 Å². The van der Waals surface area contributed by atoms with Gasteiger partial charge in [-0.1, -0.05) is 27.7 Å². The monoisotopic (exact) mass is 354 g/mol. The number of hydrogen-bond acceptors (Lipinski definition) is 3. The van der Waals surface area contributed by atoms with Crippen molar-refractivity contribution in [3.05, 3.63) is 0 Å². The number of hydrogen-bond donors (Lipinski definition) is 2. The van der Waals surface area contributed by atoms with Gasteiger partial charge >= 0.3 is 0 Å². The Morgan fingerprint density at radius 1 is 1.16 bits per heavy atom. The molecule has 0 aromatic carbocycles. The Bertz CT molecular complexity index is 363. The van der Waals surface area contributed by atoms with Crippen LogP contribution in [0.15, 0.2) is 4.99 Å². The average molecular weight is 355 g/mol. The SMILES string of the molecule is CCNC(=NCCC(OCC)C(C)C)NC1CCN(CC(C)C)CC1. The van der Waals surface area contributed by atoms with E-state index >= 15 is 0 Å². The van der Waals surface area contributed by atoms with Crippen molar-refractivity contribution < 1.29 is 4.74 Å². The van der Waals surface area contributed by atoms with Gasteiger partial charge in [-0.2, -0.15) is 0 Å². The normalized spacial score (nSPS) is 18.8. The van der Waals surface area contributed by atoms with Crippen LogP contribution in [0.25, 0.3) is 0 Å². The molecule has 1 saturated heterocycles. The van der Waals surface area contributed by atoms with Gasteiger partial charge < -0.3 is 20.3 Å². The van der Waals surface area contributed by atoms with Gasteiger partial charge in [0, 0.05) is 45.4 Å². The van der Waals surface area contributed by atoms with Crippen LogP contribution >= 0.6 is 0 Å². The topological polar surface area (TPSA) is 48.9 Å². The molecule has 1 atom stereocenters. The number of piperidine rings is 1. The quantitative estimate of drug-likeness (QED) is 0.467. The molecule has 0 aliphatic carbocycles. The zero-order valence-electron chi connectivity index (χ0n) is 17.5. The van der Waals surface area contributed by atoms with Crippen LogP contribution in [0.2, 0.25) is 0 Å². The Morgan fingerprint density at radius 2 is 1.84 bits per heavy atom. The highest BCUT2D eigenvalue weighted by atomic mass is 16.5. The molecule has 1 rings (SSSR count). The molecular weight excluding hydrogens is 312 g/mol. The van der Waals surface area contributed by atoms with Gasteiger partial charge in [-0.05, 0) is 44.9 Å². The second kappa shape index (κ2) is 12.5. The lowest BCUT2D eigenvalue weighted by Gasteiger charge is -2.34. The maximum Gasteiger partial charge on any atom is 0.191 e. The highest BCUT2D eigenvalue weighted by Gasteiger charge is 2.20. The van der Waals surface area contributed by atoms with Gasteiger partial charge in [0.15, 0.2) is 5.96 Å². The van der Waals surface area contributed by atoms with E-state index in [0.29, 0.717) is 18.1 Å². The van der Waals surface area contributed by atoms with E-state index in [0.717, 1.165) is 38.0 Å². The standard InChI is InChI=1S/C20H42N4O/c1-7-21-20(22-12-9-19(17(5)6)25-8-2)23-18-10-13-24(14-11-18)15-16(3)4/h16-19H,7-15H2,1-6H3,(H2,21,22,23). The van der Waals surface area contributed by atoms with E-state index in [-0.39, 0.29) is 0 Å². The average Bonchev–Trinajstić information content (AvgIpc) is 2.55. The highest BCUT2D eigenvalue weighted by Crippen LogP contribution is 2.13. The van der Waals surface area contributed by atoms with Crippen LogP contribution in [0.4, 0.5) is 0 Å². The lowest BCUT2D eigenvalue weighted by Crippen LogP contribution is -2.49. The Kier molecular flexibility index (Phi) is 11.1. The largest absolute Gasteiger partial charge is 0.378 e. The molecule has 0 aromatic rings. The van der Waals surface area contributed by atoms with Crippen molar-refractivity contribution in [3.63, 3.8) is 0 Å². The Balaban J connectivity index is 2.43. The van der Waals surface area contributed by atoms with Gasteiger partial charge in [0.2, 0.25) is 0 Å². The predicted octanol–water partition coefficient (Wildman–Crippen LogP) is 3.11. The van der Waals surface area contributed by atoms with Crippen molar-refractivity contribution in [3.8, 4) is 0 Å². The number of likely N-dealkylation sites (tertiary alicyclic amines) is 1. The van der Waals surface area contributed by atoms with Crippen LogP contribution in [0.1, 0.15) is 60.8 Å². The smallest absolute Gasteiger partial charge is 0.191 e. The summed E-state index contributed by atoms with van der Waals surface area (Å²) in [6.07, 6.45) is 3.68. The molecule has 148 valence electrons. The summed E-state index contributed by atoms with van der Waals surface area (Å²) in [4.78, 5) is 7.37. The van der Waals surface area contributed by atoms with E-state index in [4.69, 9.17) is 9.73 Å². The van der Waals surface area contributed by atoms with Crippen molar-refractivity contribution in [1.29, 1.82) is 0 Å². The zero-order valence-corrected chi connectivity index (χ0v) is 17.5. The third kappa shape index (κ3) is 9.45. The number of guanidine groups is 1. The Hall–Kier alpha value is -0.810. The third-order valence-electron chi connectivity index (χ3n) is 4.70. The van der Waals surface area contributed by atoms with Crippen LogP contribution < -0.4 is 10.6 Å². The molecule has 1 aliphatic heterocycles. The molecule has 0 bridgehead atoms. The maximum atomic E-state index is 5.82. The van der Waals surface area contributed by atoms with E-state index in [9.17, 15) is 0 Å². The van der Waals surface area contributed by atoms with Gasteiger partial charge in [-0.25, -0.2) is 0 Å². The molecule has 0 saturated carbocycles. The van der Waals surface area contributed by atoms with E-state index in [1.165, 1.54) is 32.5 Å². The van der Waals surface area contributed by atoms with Gasteiger partial charge in [0.05, 0.1) is 6.10 Å². The van der Waals surface area contributed by atoms with Crippen LogP contribution in [0, 0.1) is 11.8 Å². The molecule has 1 heterocycles. The van der Waals surface area contributed by atoms with Gasteiger partial charge in [0.25, 0.3) is 0 Å². The minimum Gasteiger partial charge on any atom is -0.378 e. The first-order valence-electron chi connectivity index (χ1n) is 10.3. The van der Waals surface area contributed by atoms with E-state index in [1.54, 1.807) is 0 Å². The van der Waals surface area contributed by atoms with Crippen molar-refractivity contribution in [2.45, 2.75) is 73.0 Å². The van der Waals surface area contributed by atoms with Gasteiger partial charge in [0.1, 0.15) is 0 Å². The summed E-state index contributed by atoms with van der Waals surface area (Å²) in [5.41, 5.74) is 0. The second-order valence-electron chi connectivity index (χ2n) is 7.90. The molecule has 25 heavy (non-hydrogen) atoms. The van der Waals surface area contributed by atoms with Crippen LogP contribution in [-0.4, -0.2) is 62.3 Å². The van der Waals surface area contributed by atoms with E-state index in [1.807, 2.05) is 0 Å². The molecule has 0 spiro atoms. The maximum absolute atomic E-state index is 5.82. The van der Waals surface area contributed by atoms with Gasteiger partial charge in [-0.3, -0.25) is 4.99 Å². The number of rotatable bonds is 10. The summed E-state index contributed by atoms with van der Waals surface area (Å²) in [7, 11) is 0. The van der Waals surface area contributed by atoms with E-state index in [2.05, 4.69) is 57.1 Å². The lowest BCUT2D eigenvalue weighted by molar-refractivity contribution is 0.0266. The first-order chi connectivity index (χ1) is 12.0. The molecule has 0 aromatic heterocycles. The Labute approximate surface area is 156 Å². The lowest BCUT2D eigenvalue weighted by atomic mass is 10.0. The number of nitrogens with zero attached hydrogens (tertiary/aromatic N) is 2. The van der Waals surface area contributed by atoms with Crippen molar-refractivity contribution in [2.75, 3.05) is 39.3 Å². The molecule has 1 fully saturated rings. The van der Waals surface area contributed by atoms with Crippen molar-refractivity contribution in [2.24, 2.45) is 16.8 Å². The summed E-state index contributed by atoms with van der Waals surface area (Å²) >= 11 is 0. The Morgan fingerprint density at radius 3 is 2.36 bits per heavy atom. The van der Waals surface area contributed by atoms with Crippen LogP contribution in [0.3, 0.4) is 0 Å². The fourth-order valence-electron chi connectivity index (χ4n) is 3.42. The summed E-state index contributed by atoms with van der Waals surface area (Å²) in [5.74, 6) is 2.25. The fourth-order valence-corrected chi connectivity index (χ4v) is 3.42. The second-order valence-corrected chi connectivity index (χ2v) is 7.90. The molecule has 5 nitrogen and oxygen atoms in total. The minimum atomic E-state index is 0.302. The van der Waals surface area contributed by atoms with Crippen LogP contribution in [0.5, 0.6) is 0 Å².